The number of nitrogens with zero attached hydrogens (tertiary/aromatic N) is 4. The summed E-state index contributed by atoms with van der Waals surface area (Å²) in [6.07, 6.45) is 7.02. The van der Waals surface area contributed by atoms with Gasteiger partial charge in [-0.3, -0.25) is 9.59 Å². The summed E-state index contributed by atoms with van der Waals surface area (Å²) < 4.78 is 20.0. The Labute approximate surface area is 249 Å². The molecule has 2 aliphatic rings. The van der Waals surface area contributed by atoms with Crippen molar-refractivity contribution in [3.8, 4) is 11.5 Å². The van der Waals surface area contributed by atoms with Gasteiger partial charge in [-0.15, -0.1) is 0 Å². The van der Waals surface area contributed by atoms with Gasteiger partial charge in [0.1, 0.15) is 5.82 Å². The molecule has 0 atom stereocenters. The van der Waals surface area contributed by atoms with Crippen molar-refractivity contribution < 1.29 is 19.0 Å². The van der Waals surface area contributed by atoms with Crippen LogP contribution in [0.3, 0.4) is 0 Å². The zero-order valence-corrected chi connectivity index (χ0v) is 25.6. The molecular weight excluding hydrogens is 644 g/mol. The predicted molar refractivity (Wildman–Crippen MR) is 161 cm³/mol. The largest absolute Gasteiger partial charge is 0.490 e. The second-order valence-electron chi connectivity index (χ2n) is 9.86. The number of morpholine rings is 1. The van der Waals surface area contributed by atoms with Crippen LogP contribution in [0.5, 0.6) is 11.5 Å². The van der Waals surface area contributed by atoms with Gasteiger partial charge in [-0.1, -0.05) is 35.2 Å². The van der Waals surface area contributed by atoms with E-state index in [9.17, 15) is 9.59 Å². The van der Waals surface area contributed by atoms with Crippen molar-refractivity contribution in [2.24, 2.45) is 5.10 Å². The molecular formula is C29H32Br2N4O5. The molecule has 2 fully saturated rings. The van der Waals surface area contributed by atoms with Gasteiger partial charge in [0.2, 0.25) is 0 Å². The third kappa shape index (κ3) is 6.58. The van der Waals surface area contributed by atoms with Gasteiger partial charge in [0, 0.05) is 33.5 Å². The number of aromatic nitrogens is 2. The summed E-state index contributed by atoms with van der Waals surface area (Å²) >= 11 is 7.07. The van der Waals surface area contributed by atoms with Gasteiger partial charge in [0.05, 0.1) is 36.9 Å². The number of amides is 1. The minimum absolute atomic E-state index is 0.0988. The molecule has 1 aliphatic carbocycles. The Morgan fingerprint density at radius 2 is 1.85 bits per heavy atom. The number of hydrogen-bond acceptors (Lipinski definition) is 7. The summed E-state index contributed by atoms with van der Waals surface area (Å²) in [4.78, 5) is 32.9. The predicted octanol–water partition coefficient (Wildman–Crippen LogP) is 5.49. The topological polar surface area (TPSA) is 95.2 Å². The standard InChI is InChI=1S/C29H32Br2N4O5/c1-2-39-25-14-20(23(31)16-26(25)40-18-27(36)34-10-12-38-13-11-34)17-32-35-28(19-6-4-3-5-7-19)33-24-9-8-21(30)15-22(24)29(35)37/h8-9,14-17,19H,2-7,10-13,18H2,1H3. The second kappa shape index (κ2) is 13.3. The SMILES string of the molecule is CCOc1cc(C=Nn2c(C3CCCCC3)nc3ccc(Br)cc3c2=O)c(Br)cc1OCC(=O)N1CCOCC1. The van der Waals surface area contributed by atoms with Crippen molar-refractivity contribution in [3.05, 3.63) is 61.0 Å². The second-order valence-corrected chi connectivity index (χ2v) is 11.6. The first-order valence-electron chi connectivity index (χ1n) is 13.7. The number of halogens is 2. The van der Waals surface area contributed by atoms with Crippen LogP contribution < -0.4 is 15.0 Å². The molecule has 9 nitrogen and oxygen atoms in total. The Morgan fingerprint density at radius 1 is 1.10 bits per heavy atom. The maximum atomic E-state index is 13.6. The first-order valence-corrected chi connectivity index (χ1v) is 15.2. The van der Waals surface area contributed by atoms with Crippen LogP contribution in [0.2, 0.25) is 0 Å². The average Bonchev–Trinajstić information content (AvgIpc) is 2.98. The van der Waals surface area contributed by atoms with Crippen molar-refractivity contribution in [2.75, 3.05) is 39.5 Å². The lowest BCUT2D eigenvalue weighted by Crippen LogP contribution is -2.43. The van der Waals surface area contributed by atoms with E-state index in [1.165, 1.54) is 11.1 Å². The Hall–Kier alpha value is -2.76. The van der Waals surface area contributed by atoms with Crippen LogP contribution in [-0.2, 0) is 9.53 Å². The minimum Gasteiger partial charge on any atom is -0.490 e. The normalized spacial score (nSPS) is 16.5. The third-order valence-corrected chi connectivity index (χ3v) is 8.37. The summed E-state index contributed by atoms with van der Waals surface area (Å²) in [5, 5.41) is 5.17. The molecule has 0 spiro atoms. The number of hydrogen-bond donors (Lipinski definition) is 0. The van der Waals surface area contributed by atoms with E-state index in [-0.39, 0.29) is 24.0 Å². The summed E-state index contributed by atoms with van der Waals surface area (Å²) in [7, 11) is 0. The molecule has 3 aromatic rings. The van der Waals surface area contributed by atoms with Crippen molar-refractivity contribution >= 4 is 54.9 Å². The summed E-state index contributed by atoms with van der Waals surface area (Å²) in [6, 6.07) is 9.11. The molecule has 1 saturated heterocycles. The highest BCUT2D eigenvalue weighted by molar-refractivity contribution is 9.10. The van der Waals surface area contributed by atoms with Crippen molar-refractivity contribution in [3.63, 3.8) is 0 Å². The Balaban J connectivity index is 1.46. The summed E-state index contributed by atoms with van der Waals surface area (Å²) in [5.74, 6) is 1.71. The van der Waals surface area contributed by atoms with Crippen LogP contribution in [0.25, 0.3) is 10.9 Å². The van der Waals surface area contributed by atoms with Gasteiger partial charge in [-0.25, -0.2) is 4.98 Å². The van der Waals surface area contributed by atoms with Crippen LogP contribution in [0, 0.1) is 0 Å². The Morgan fingerprint density at radius 3 is 2.60 bits per heavy atom. The Kier molecular flexibility index (Phi) is 9.54. The highest BCUT2D eigenvalue weighted by Gasteiger charge is 2.23. The van der Waals surface area contributed by atoms with E-state index in [4.69, 9.17) is 19.2 Å². The molecule has 212 valence electrons. The molecule has 2 aromatic carbocycles. The smallest absolute Gasteiger partial charge is 0.282 e. The fourth-order valence-electron chi connectivity index (χ4n) is 5.10. The molecule has 40 heavy (non-hydrogen) atoms. The summed E-state index contributed by atoms with van der Waals surface area (Å²) in [5.41, 5.74) is 1.17. The lowest BCUT2D eigenvalue weighted by atomic mass is 9.88. The van der Waals surface area contributed by atoms with Gasteiger partial charge in [-0.2, -0.15) is 9.78 Å². The number of fused-ring (bicyclic) bond motifs is 1. The fraction of sp³-hybridized carbons (Fsp3) is 0.448. The van der Waals surface area contributed by atoms with E-state index in [2.05, 4.69) is 37.0 Å². The van der Waals surface area contributed by atoms with Crippen LogP contribution in [0.15, 0.2) is 49.2 Å². The van der Waals surface area contributed by atoms with E-state index in [0.717, 1.165) is 30.2 Å². The highest BCUT2D eigenvalue weighted by Crippen LogP contribution is 2.34. The minimum atomic E-state index is -0.203. The number of benzene rings is 2. The highest BCUT2D eigenvalue weighted by atomic mass is 79.9. The van der Waals surface area contributed by atoms with Crippen molar-refractivity contribution in [2.45, 2.75) is 44.9 Å². The van der Waals surface area contributed by atoms with Gasteiger partial charge in [0.15, 0.2) is 18.1 Å². The van der Waals surface area contributed by atoms with Gasteiger partial charge >= 0.3 is 0 Å². The first-order chi connectivity index (χ1) is 19.4. The molecule has 11 heteroatoms. The lowest BCUT2D eigenvalue weighted by molar-refractivity contribution is -0.137. The average molecular weight is 676 g/mol. The van der Waals surface area contributed by atoms with Gasteiger partial charge in [0.25, 0.3) is 11.5 Å². The third-order valence-electron chi connectivity index (χ3n) is 7.19. The van der Waals surface area contributed by atoms with E-state index < -0.39 is 0 Å². The molecule has 0 bridgehead atoms. The zero-order chi connectivity index (χ0) is 28.1. The van der Waals surface area contributed by atoms with Crippen LogP contribution in [0.1, 0.15) is 56.3 Å². The quantitative estimate of drug-likeness (QED) is 0.293. The van der Waals surface area contributed by atoms with Crippen LogP contribution >= 0.6 is 31.9 Å². The molecule has 0 radical (unpaired) electrons. The fourth-order valence-corrected chi connectivity index (χ4v) is 5.88. The molecule has 0 unspecified atom stereocenters. The van der Waals surface area contributed by atoms with Gasteiger partial charge < -0.3 is 19.1 Å². The molecule has 1 aromatic heterocycles. The molecule has 1 saturated carbocycles. The lowest BCUT2D eigenvalue weighted by Gasteiger charge is -2.26. The molecule has 1 aliphatic heterocycles. The number of rotatable bonds is 8. The molecule has 0 N–H and O–H groups in total. The van der Waals surface area contributed by atoms with Gasteiger partial charge in [-0.05, 0) is 66.0 Å². The zero-order valence-electron chi connectivity index (χ0n) is 22.4. The van der Waals surface area contributed by atoms with Crippen LogP contribution in [0.4, 0.5) is 0 Å². The Bertz CT molecular complexity index is 1460. The monoisotopic (exact) mass is 674 g/mol. The number of carbonyl (C=O) groups is 1. The van der Waals surface area contributed by atoms with E-state index in [1.807, 2.05) is 19.1 Å². The maximum absolute atomic E-state index is 13.6. The maximum Gasteiger partial charge on any atom is 0.282 e. The number of carbonyl (C=O) groups excluding carboxylic acids is 1. The van der Waals surface area contributed by atoms with E-state index >= 15 is 0 Å². The molecule has 2 heterocycles. The van der Waals surface area contributed by atoms with Crippen molar-refractivity contribution in [1.29, 1.82) is 0 Å². The van der Waals surface area contributed by atoms with E-state index in [1.54, 1.807) is 29.3 Å². The number of ether oxygens (including phenoxy) is 3. The summed E-state index contributed by atoms with van der Waals surface area (Å²) in [6.45, 7) is 4.38. The molecule has 5 rings (SSSR count). The van der Waals surface area contributed by atoms with Crippen LogP contribution in [-0.4, -0.2) is 66.2 Å². The van der Waals surface area contributed by atoms with E-state index in [0.29, 0.717) is 71.2 Å². The molecule has 1 amide bonds. The first kappa shape index (κ1) is 28.8. The van der Waals surface area contributed by atoms with Crippen molar-refractivity contribution in [1.82, 2.24) is 14.6 Å².